The van der Waals surface area contributed by atoms with E-state index in [-0.39, 0.29) is 0 Å². The van der Waals surface area contributed by atoms with Crippen LogP contribution in [0.2, 0.25) is 0 Å². The van der Waals surface area contributed by atoms with Crippen LogP contribution in [0.15, 0.2) is 77.5 Å². The lowest BCUT2D eigenvalue weighted by atomic mass is 10.2. The van der Waals surface area contributed by atoms with Crippen molar-refractivity contribution in [2.45, 2.75) is 6.54 Å². The summed E-state index contributed by atoms with van der Waals surface area (Å²) in [6.07, 6.45) is 7.12. The summed E-state index contributed by atoms with van der Waals surface area (Å²) in [6, 6.07) is 14.6. The maximum absolute atomic E-state index is 4.72. The van der Waals surface area contributed by atoms with E-state index in [1.807, 2.05) is 30.4 Å². The van der Waals surface area contributed by atoms with Gasteiger partial charge in [0.05, 0.1) is 18.3 Å². The second kappa shape index (κ2) is 8.02. The van der Waals surface area contributed by atoms with Crippen LogP contribution >= 0.6 is 11.3 Å². The molecule has 138 valence electrons. The monoisotopic (exact) mass is 385 g/mol. The zero-order valence-corrected chi connectivity index (χ0v) is 16.0. The van der Waals surface area contributed by atoms with Gasteiger partial charge in [0, 0.05) is 26.9 Å². The first-order chi connectivity index (χ1) is 13.7. The number of nitrogens with one attached hydrogen (secondary N) is 2. The smallest absolute Gasteiger partial charge is 0.127 e. The minimum Gasteiger partial charge on any atom is -0.340 e. The largest absolute Gasteiger partial charge is 0.340 e. The number of fused-ring (bicyclic) bond motifs is 2. The summed E-state index contributed by atoms with van der Waals surface area (Å²) in [4.78, 5) is 9.69. The molecule has 0 bridgehead atoms. The third-order valence-corrected chi connectivity index (χ3v) is 5.38. The summed E-state index contributed by atoms with van der Waals surface area (Å²) >= 11 is 1.74. The van der Waals surface area contributed by atoms with Crippen molar-refractivity contribution in [3.8, 4) is 0 Å². The molecule has 0 saturated carbocycles. The SMILES string of the molecule is C=Cc1cc2ccc(CN=C(/C=C\N=C)Nc3ccc4[nH]ncc4c3)cc2s1. The van der Waals surface area contributed by atoms with Gasteiger partial charge >= 0.3 is 0 Å². The number of amidine groups is 1. The predicted octanol–water partition coefficient (Wildman–Crippen LogP) is 5.65. The molecule has 4 rings (SSSR count). The lowest BCUT2D eigenvalue weighted by Crippen LogP contribution is -2.09. The Morgan fingerprint density at radius 2 is 2.11 bits per heavy atom. The van der Waals surface area contributed by atoms with Crippen LogP contribution in [-0.4, -0.2) is 22.8 Å². The molecule has 4 aromatic rings. The predicted molar refractivity (Wildman–Crippen MR) is 121 cm³/mol. The molecular weight excluding hydrogens is 366 g/mol. The number of hydrogen-bond acceptors (Lipinski definition) is 4. The highest BCUT2D eigenvalue weighted by Crippen LogP contribution is 2.27. The summed E-state index contributed by atoms with van der Waals surface area (Å²) in [5.41, 5.74) is 3.08. The summed E-state index contributed by atoms with van der Waals surface area (Å²) in [7, 11) is 0. The highest BCUT2D eigenvalue weighted by Gasteiger charge is 2.03. The van der Waals surface area contributed by atoms with E-state index in [1.165, 1.54) is 15.0 Å². The first kappa shape index (κ1) is 17.9. The topological polar surface area (TPSA) is 65.4 Å². The molecule has 6 heteroatoms. The van der Waals surface area contributed by atoms with Crippen LogP contribution < -0.4 is 5.32 Å². The number of aliphatic imine (C=N–C) groups is 2. The molecule has 5 nitrogen and oxygen atoms in total. The number of thiophene rings is 1. The number of nitrogens with zero attached hydrogens (tertiary/aromatic N) is 3. The normalized spacial score (nSPS) is 12.1. The van der Waals surface area contributed by atoms with Crippen molar-refractivity contribution in [2.75, 3.05) is 5.32 Å². The van der Waals surface area contributed by atoms with Gasteiger partial charge in [0.25, 0.3) is 0 Å². The van der Waals surface area contributed by atoms with Crippen molar-refractivity contribution in [1.82, 2.24) is 10.2 Å². The van der Waals surface area contributed by atoms with Crippen LogP contribution in [0.1, 0.15) is 10.4 Å². The Labute approximate surface area is 166 Å². The van der Waals surface area contributed by atoms with E-state index in [0.717, 1.165) is 22.2 Å². The molecule has 0 aliphatic rings. The van der Waals surface area contributed by atoms with Crippen LogP contribution in [0.4, 0.5) is 5.69 Å². The minimum absolute atomic E-state index is 0.565. The maximum atomic E-state index is 4.72. The van der Waals surface area contributed by atoms with E-state index in [2.05, 4.69) is 58.1 Å². The standard InChI is InChI=1S/C22H19N5S/c1-3-19-12-16-5-4-15(10-21(16)28-19)13-24-22(8-9-23-2)26-18-6-7-20-17(11-18)14-25-27-20/h3-12,14H,1-2,13H2,(H,24,26)(H,25,27)/b9-8-. The molecule has 0 spiro atoms. The van der Waals surface area contributed by atoms with Crippen molar-refractivity contribution in [3.63, 3.8) is 0 Å². The van der Waals surface area contributed by atoms with Crippen molar-refractivity contribution in [1.29, 1.82) is 0 Å². The molecule has 2 aromatic carbocycles. The first-order valence-electron chi connectivity index (χ1n) is 8.77. The van der Waals surface area contributed by atoms with Crippen LogP contribution in [0.5, 0.6) is 0 Å². The number of rotatable bonds is 6. The van der Waals surface area contributed by atoms with Gasteiger partial charge in [-0.1, -0.05) is 24.8 Å². The van der Waals surface area contributed by atoms with E-state index in [4.69, 9.17) is 4.99 Å². The number of H-pyrrole nitrogens is 1. The fraction of sp³-hybridized carbons (Fsp3) is 0.0455. The van der Waals surface area contributed by atoms with Crippen molar-refractivity contribution in [3.05, 3.63) is 78.0 Å². The minimum atomic E-state index is 0.565. The Hall–Kier alpha value is -3.51. The quantitative estimate of drug-likeness (QED) is 0.333. The number of anilines is 1. The highest BCUT2D eigenvalue weighted by atomic mass is 32.1. The van der Waals surface area contributed by atoms with Crippen molar-refractivity contribution < 1.29 is 0 Å². The zero-order valence-electron chi connectivity index (χ0n) is 15.2. The average Bonchev–Trinajstić information content (AvgIpc) is 3.35. The summed E-state index contributed by atoms with van der Waals surface area (Å²) < 4.78 is 1.24. The molecule has 0 unspecified atom stereocenters. The van der Waals surface area contributed by atoms with Crippen molar-refractivity contribution in [2.24, 2.45) is 9.98 Å². The third kappa shape index (κ3) is 3.92. The Balaban J connectivity index is 1.57. The van der Waals surface area contributed by atoms with Gasteiger partial charge < -0.3 is 5.32 Å². The van der Waals surface area contributed by atoms with Gasteiger partial charge in [-0.05, 0) is 54.1 Å². The average molecular weight is 385 g/mol. The third-order valence-electron chi connectivity index (χ3n) is 4.29. The highest BCUT2D eigenvalue weighted by molar-refractivity contribution is 7.19. The van der Waals surface area contributed by atoms with Crippen LogP contribution in [0, 0.1) is 0 Å². The fourth-order valence-electron chi connectivity index (χ4n) is 2.90. The molecular formula is C22H19N5S. The molecule has 0 radical (unpaired) electrons. The Morgan fingerprint density at radius 3 is 2.96 bits per heavy atom. The summed E-state index contributed by atoms with van der Waals surface area (Å²) in [5, 5.41) is 12.6. The van der Waals surface area contributed by atoms with Crippen LogP contribution in [0.3, 0.4) is 0 Å². The lowest BCUT2D eigenvalue weighted by molar-refractivity contribution is 1.07. The van der Waals surface area contributed by atoms with Gasteiger partial charge in [-0.15, -0.1) is 11.3 Å². The second-order valence-corrected chi connectivity index (χ2v) is 7.34. The summed E-state index contributed by atoms with van der Waals surface area (Å²) in [6.45, 7) is 7.91. The number of benzene rings is 2. The Morgan fingerprint density at radius 1 is 1.18 bits per heavy atom. The van der Waals surface area contributed by atoms with Crippen LogP contribution in [0.25, 0.3) is 27.1 Å². The van der Waals surface area contributed by atoms with E-state index < -0.39 is 0 Å². The first-order valence-corrected chi connectivity index (χ1v) is 9.59. The van der Waals surface area contributed by atoms with Gasteiger partial charge in [-0.25, -0.2) is 0 Å². The molecule has 0 fully saturated rings. The van der Waals surface area contributed by atoms with E-state index in [0.29, 0.717) is 12.4 Å². The van der Waals surface area contributed by atoms with Gasteiger partial charge in [0.2, 0.25) is 0 Å². The molecule has 0 atom stereocenters. The van der Waals surface area contributed by atoms with Crippen LogP contribution in [-0.2, 0) is 6.54 Å². The summed E-state index contributed by atoms with van der Waals surface area (Å²) in [5.74, 6) is 0.716. The molecule has 0 saturated heterocycles. The van der Waals surface area contributed by atoms with Gasteiger partial charge in [0.1, 0.15) is 5.84 Å². The molecule has 0 aliphatic carbocycles. The van der Waals surface area contributed by atoms with Crippen molar-refractivity contribution >= 4 is 56.6 Å². The van der Waals surface area contributed by atoms with Gasteiger partial charge in [0.15, 0.2) is 0 Å². The molecule has 28 heavy (non-hydrogen) atoms. The maximum Gasteiger partial charge on any atom is 0.127 e. The zero-order chi connectivity index (χ0) is 19.3. The molecule has 0 aliphatic heterocycles. The Bertz CT molecular complexity index is 1210. The number of hydrogen-bond donors (Lipinski definition) is 2. The molecule has 0 amide bonds. The molecule has 2 aromatic heterocycles. The van der Waals surface area contributed by atoms with Gasteiger partial charge in [-0.3, -0.25) is 15.1 Å². The van der Waals surface area contributed by atoms with E-state index >= 15 is 0 Å². The lowest BCUT2D eigenvalue weighted by Gasteiger charge is -2.07. The van der Waals surface area contributed by atoms with Gasteiger partial charge in [-0.2, -0.15) is 5.10 Å². The molecule has 2 N–H and O–H groups in total. The second-order valence-electron chi connectivity index (χ2n) is 6.22. The van der Waals surface area contributed by atoms with E-state index in [1.54, 1.807) is 23.7 Å². The molecule has 2 heterocycles. The Kier molecular flexibility index (Phi) is 5.12. The van der Waals surface area contributed by atoms with E-state index in [9.17, 15) is 0 Å². The number of aromatic nitrogens is 2. The number of aromatic amines is 1. The fourth-order valence-corrected chi connectivity index (χ4v) is 3.88.